The number of hydrogen-bond acceptors (Lipinski definition) is 7. The molecule has 0 aliphatic rings. The fraction of sp³-hybridized carbons (Fsp3) is 0.148. The molecule has 0 radical (unpaired) electrons. The van der Waals surface area contributed by atoms with Crippen LogP contribution in [0.4, 0.5) is 11.5 Å². The summed E-state index contributed by atoms with van der Waals surface area (Å²) in [5.74, 6) is -0.765. The van der Waals surface area contributed by atoms with E-state index in [1.807, 2.05) is 72.8 Å². The predicted molar refractivity (Wildman–Crippen MR) is 136 cm³/mol. The van der Waals surface area contributed by atoms with Crippen LogP contribution in [0.2, 0.25) is 0 Å². The van der Waals surface area contributed by atoms with Gasteiger partial charge in [0.2, 0.25) is 11.7 Å². The van der Waals surface area contributed by atoms with E-state index in [1.54, 1.807) is 12.1 Å². The Kier molecular flexibility index (Phi) is 7.50. The van der Waals surface area contributed by atoms with Crippen molar-refractivity contribution in [3.63, 3.8) is 0 Å². The lowest BCUT2D eigenvalue weighted by Gasteiger charge is -2.18. The molecule has 0 atom stereocenters. The van der Waals surface area contributed by atoms with E-state index in [1.165, 1.54) is 0 Å². The van der Waals surface area contributed by atoms with Gasteiger partial charge in [-0.25, -0.2) is 4.98 Å². The maximum absolute atomic E-state index is 13.2. The molecular weight excluding hydrogens is 458 g/mol. The molecule has 9 nitrogen and oxygen atoms in total. The number of rotatable bonds is 9. The highest BCUT2D eigenvalue weighted by atomic mass is 16.6. The Hall–Kier alpha value is -4.79. The first-order chi connectivity index (χ1) is 17.4. The summed E-state index contributed by atoms with van der Waals surface area (Å²) >= 11 is 0. The lowest BCUT2D eigenvalue weighted by molar-refractivity contribution is -0.385. The van der Waals surface area contributed by atoms with E-state index in [9.17, 15) is 14.9 Å². The Bertz CT molecular complexity index is 1290. The smallest absolute Gasteiger partial charge is 0.374 e. The van der Waals surface area contributed by atoms with Gasteiger partial charge in [0.05, 0.1) is 10.8 Å². The van der Waals surface area contributed by atoms with Crippen molar-refractivity contribution in [2.45, 2.75) is 25.7 Å². The highest BCUT2D eigenvalue weighted by molar-refractivity contribution is 5.88. The molecular formula is C27H25N5O4. The fourth-order valence-electron chi connectivity index (χ4n) is 3.70. The first-order valence-corrected chi connectivity index (χ1v) is 11.4. The molecule has 0 aliphatic carbocycles. The van der Waals surface area contributed by atoms with Crippen molar-refractivity contribution in [1.82, 2.24) is 15.4 Å². The monoisotopic (exact) mass is 483 g/mol. The lowest BCUT2D eigenvalue weighted by atomic mass is 9.91. The third-order valence-electron chi connectivity index (χ3n) is 5.56. The van der Waals surface area contributed by atoms with Crippen LogP contribution in [0.15, 0.2) is 91.3 Å². The Labute approximate surface area is 208 Å². The molecule has 2 N–H and O–H groups in total. The first kappa shape index (κ1) is 24.3. The minimum Gasteiger partial charge on any atom is -0.434 e. The second-order valence-electron chi connectivity index (χ2n) is 8.33. The van der Waals surface area contributed by atoms with Crippen molar-refractivity contribution >= 4 is 17.4 Å². The van der Waals surface area contributed by atoms with Gasteiger partial charge in [0.1, 0.15) is 12.1 Å². The number of hydrogen-bond donors (Lipinski definition) is 2. The van der Waals surface area contributed by atoms with Crippen LogP contribution in [0.25, 0.3) is 0 Å². The van der Waals surface area contributed by atoms with Gasteiger partial charge in [0, 0.05) is 0 Å². The Morgan fingerprint density at radius 2 is 1.44 bits per heavy atom. The normalized spacial score (nSPS) is 10.8. The van der Waals surface area contributed by atoms with Crippen LogP contribution in [0, 0.1) is 10.1 Å². The number of anilines is 1. The van der Waals surface area contributed by atoms with Crippen LogP contribution in [-0.2, 0) is 4.79 Å². The second kappa shape index (κ2) is 11.1. The van der Waals surface area contributed by atoms with E-state index in [0.717, 1.165) is 23.0 Å². The Morgan fingerprint density at radius 3 is 1.97 bits per heavy atom. The minimum absolute atomic E-state index is 0.197. The Balaban J connectivity index is 1.57. The predicted octanol–water partition coefficient (Wildman–Crippen LogP) is 5.58. The number of carbonyl (C=O) groups is 1. The molecule has 0 fully saturated rings. The lowest BCUT2D eigenvalue weighted by Crippen LogP contribution is -2.35. The number of nitrogens with zero attached hydrogens (tertiary/aromatic N) is 3. The van der Waals surface area contributed by atoms with Gasteiger partial charge in [-0.3, -0.25) is 25.8 Å². The summed E-state index contributed by atoms with van der Waals surface area (Å²) in [5.41, 5.74) is 7.31. The maximum atomic E-state index is 13.2. The highest BCUT2D eigenvalue weighted by Crippen LogP contribution is 2.34. The molecule has 182 valence electrons. The second-order valence-corrected chi connectivity index (χ2v) is 8.33. The third kappa shape index (κ3) is 5.64. The van der Waals surface area contributed by atoms with E-state index in [4.69, 9.17) is 4.74 Å². The van der Waals surface area contributed by atoms with Gasteiger partial charge in [-0.2, -0.15) is 4.98 Å². The summed E-state index contributed by atoms with van der Waals surface area (Å²) in [7, 11) is 0. The SMILES string of the molecule is CC(C)c1ccc(Oc2ncnc(NNC(=O)C(c3ccccc3)c3ccccc3)c2[N+](=O)[O-])cc1. The van der Waals surface area contributed by atoms with Gasteiger partial charge >= 0.3 is 11.6 Å². The molecule has 0 aliphatic heterocycles. The number of benzene rings is 3. The van der Waals surface area contributed by atoms with E-state index < -0.39 is 22.4 Å². The van der Waals surface area contributed by atoms with Gasteiger partial charge in [0.25, 0.3) is 0 Å². The molecule has 4 rings (SSSR count). The third-order valence-corrected chi connectivity index (χ3v) is 5.56. The van der Waals surface area contributed by atoms with Gasteiger partial charge in [-0.05, 0) is 34.7 Å². The number of nitro groups is 1. The van der Waals surface area contributed by atoms with Crippen molar-refractivity contribution in [3.8, 4) is 11.6 Å². The fourth-order valence-corrected chi connectivity index (χ4v) is 3.70. The van der Waals surface area contributed by atoms with Gasteiger partial charge in [-0.15, -0.1) is 0 Å². The number of ether oxygens (including phenoxy) is 1. The molecule has 1 amide bonds. The molecule has 0 saturated heterocycles. The van der Waals surface area contributed by atoms with Gasteiger partial charge in [-0.1, -0.05) is 86.6 Å². The van der Waals surface area contributed by atoms with E-state index in [0.29, 0.717) is 11.7 Å². The van der Waals surface area contributed by atoms with E-state index in [-0.39, 0.29) is 11.7 Å². The first-order valence-electron chi connectivity index (χ1n) is 11.4. The molecule has 1 heterocycles. The van der Waals surface area contributed by atoms with Crippen molar-refractivity contribution in [2.24, 2.45) is 0 Å². The highest BCUT2D eigenvalue weighted by Gasteiger charge is 2.27. The molecule has 0 bridgehead atoms. The summed E-state index contributed by atoms with van der Waals surface area (Å²) in [6.07, 6.45) is 1.13. The molecule has 0 spiro atoms. The summed E-state index contributed by atoms with van der Waals surface area (Å²) in [6, 6.07) is 25.7. The van der Waals surface area contributed by atoms with Crippen LogP contribution in [0.5, 0.6) is 11.6 Å². The molecule has 3 aromatic carbocycles. The summed E-state index contributed by atoms with van der Waals surface area (Å²) < 4.78 is 5.69. The molecule has 36 heavy (non-hydrogen) atoms. The van der Waals surface area contributed by atoms with Crippen LogP contribution < -0.4 is 15.6 Å². The van der Waals surface area contributed by atoms with Crippen molar-refractivity contribution in [1.29, 1.82) is 0 Å². The minimum atomic E-state index is -0.655. The topological polar surface area (TPSA) is 119 Å². The zero-order chi connectivity index (χ0) is 25.5. The van der Waals surface area contributed by atoms with Crippen molar-refractivity contribution in [2.75, 3.05) is 5.43 Å². The van der Waals surface area contributed by atoms with Crippen LogP contribution >= 0.6 is 0 Å². The average molecular weight is 484 g/mol. The van der Waals surface area contributed by atoms with Crippen LogP contribution in [0.3, 0.4) is 0 Å². The quantitative estimate of drug-likeness (QED) is 0.236. The molecule has 9 heteroatoms. The van der Waals surface area contributed by atoms with Crippen molar-refractivity contribution in [3.05, 3.63) is 118 Å². The van der Waals surface area contributed by atoms with Crippen LogP contribution in [0.1, 0.15) is 42.4 Å². The number of carbonyl (C=O) groups excluding carboxylic acids is 1. The molecule has 1 aromatic heterocycles. The van der Waals surface area contributed by atoms with E-state index >= 15 is 0 Å². The number of aromatic nitrogens is 2. The summed E-state index contributed by atoms with van der Waals surface area (Å²) in [6.45, 7) is 4.13. The van der Waals surface area contributed by atoms with Gasteiger partial charge < -0.3 is 4.74 Å². The van der Waals surface area contributed by atoms with E-state index in [2.05, 4.69) is 34.7 Å². The standard InChI is InChI=1S/C27H25N5O4/c1-18(2)19-13-15-22(16-14-19)36-27-24(32(34)35)25(28-17-29-27)30-31-26(33)23(20-9-5-3-6-10-20)21-11-7-4-8-12-21/h3-18,23H,1-2H3,(H,31,33)(H,28,29,30). The number of nitrogens with one attached hydrogen (secondary N) is 2. The summed E-state index contributed by atoms with van der Waals surface area (Å²) in [5, 5.41) is 11.9. The zero-order valence-electron chi connectivity index (χ0n) is 19.8. The average Bonchev–Trinajstić information content (AvgIpc) is 2.89. The number of hydrazine groups is 1. The molecule has 4 aromatic rings. The van der Waals surface area contributed by atoms with Gasteiger partial charge in [0.15, 0.2) is 0 Å². The Morgan fingerprint density at radius 1 is 0.861 bits per heavy atom. The largest absolute Gasteiger partial charge is 0.434 e. The van der Waals surface area contributed by atoms with Crippen molar-refractivity contribution < 1.29 is 14.5 Å². The zero-order valence-corrected chi connectivity index (χ0v) is 19.8. The maximum Gasteiger partial charge on any atom is 0.374 e. The molecule has 0 unspecified atom stereocenters. The number of amides is 1. The summed E-state index contributed by atoms with van der Waals surface area (Å²) in [4.78, 5) is 32.4. The van der Waals surface area contributed by atoms with Crippen LogP contribution in [-0.4, -0.2) is 20.8 Å². The molecule has 0 saturated carbocycles.